The number of benzene rings is 1. The molecule has 3 nitrogen and oxygen atoms in total. The Labute approximate surface area is 127 Å². The van der Waals surface area contributed by atoms with Crippen molar-refractivity contribution in [3.8, 4) is 11.8 Å². The number of hydrogen-bond acceptors (Lipinski definition) is 2. The molecule has 112 valence electrons. The number of hydrogen-bond donors (Lipinski definition) is 2. The zero-order valence-electron chi connectivity index (χ0n) is 13.1. The third-order valence-corrected chi connectivity index (χ3v) is 4.40. The number of anilines is 1. The summed E-state index contributed by atoms with van der Waals surface area (Å²) < 4.78 is 0. The van der Waals surface area contributed by atoms with E-state index in [4.69, 9.17) is 5.73 Å². The molecule has 0 bridgehead atoms. The molecule has 1 aliphatic carbocycles. The molecule has 1 amide bonds. The van der Waals surface area contributed by atoms with Gasteiger partial charge in [-0.25, -0.2) is 0 Å². The lowest BCUT2D eigenvalue weighted by Crippen LogP contribution is -2.30. The van der Waals surface area contributed by atoms with Gasteiger partial charge in [0, 0.05) is 17.2 Å². The molecule has 2 rings (SSSR count). The van der Waals surface area contributed by atoms with Crippen molar-refractivity contribution in [1.82, 2.24) is 0 Å². The molecule has 3 heteroatoms. The van der Waals surface area contributed by atoms with Crippen LogP contribution in [-0.2, 0) is 4.79 Å². The zero-order valence-corrected chi connectivity index (χ0v) is 13.1. The highest BCUT2D eigenvalue weighted by molar-refractivity contribution is 5.93. The highest BCUT2D eigenvalue weighted by Gasteiger charge is 2.39. The molecule has 1 aromatic rings. The summed E-state index contributed by atoms with van der Waals surface area (Å²) in [6, 6.07) is 5.84. The average Bonchev–Trinajstić information content (AvgIpc) is 2.79. The molecule has 0 aliphatic heterocycles. The second kappa shape index (κ2) is 6.32. The van der Waals surface area contributed by atoms with Crippen LogP contribution in [0, 0.1) is 30.1 Å². The lowest BCUT2D eigenvalue weighted by molar-refractivity contribution is -0.122. The Hall–Kier alpha value is -1.79. The van der Waals surface area contributed by atoms with Crippen LogP contribution in [0.3, 0.4) is 0 Å². The standard InChI is InChI=1S/C18H24N2O/c1-13-8-9-15(12-14(13)6-5-11-19)20-17(21)16-7-4-10-18(16,2)3/h8-9,12,16H,4,7,10-11,19H2,1-3H3,(H,20,21). The Balaban J connectivity index is 2.14. The van der Waals surface area contributed by atoms with Crippen molar-refractivity contribution in [3.63, 3.8) is 0 Å². The number of aryl methyl sites for hydroxylation is 1. The van der Waals surface area contributed by atoms with E-state index in [0.29, 0.717) is 6.54 Å². The summed E-state index contributed by atoms with van der Waals surface area (Å²) in [6.07, 6.45) is 3.23. The second-order valence-electron chi connectivity index (χ2n) is 6.46. The Morgan fingerprint density at radius 1 is 1.48 bits per heavy atom. The first-order valence-corrected chi connectivity index (χ1v) is 7.54. The predicted molar refractivity (Wildman–Crippen MR) is 86.9 cm³/mol. The van der Waals surface area contributed by atoms with Gasteiger partial charge in [0.25, 0.3) is 0 Å². The minimum Gasteiger partial charge on any atom is -0.326 e. The summed E-state index contributed by atoms with van der Waals surface area (Å²) >= 11 is 0. The fourth-order valence-corrected chi connectivity index (χ4v) is 3.02. The maximum Gasteiger partial charge on any atom is 0.228 e. The SMILES string of the molecule is Cc1ccc(NC(=O)C2CCCC2(C)C)cc1C#CCN. The molecule has 3 N–H and O–H groups in total. The van der Waals surface area contributed by atoms with Gasteiger partial charge < -0.3 is 11.1 Å². The van der Waals surface area contributed by atoms with E-state index < -0.39 is 0 Å². The highest BCUT2D eigenvalue weighted by Crippen LogP contribution is 2.43. The first-order chi connectivity index (χ1) is 9.94. The molecule has 0 heterocycles. The van der Waals surface area contributed by atoms with E-state index in [-0.39, 0.29) is 17.2 Å². The minimum atomic E-state index is 0.0942. The van der Waals surface area contributed by atoms with Crippen molar-refractivity contribution in [1.29, 1.82) is 0 Å². The second-order valence-corrected chi connectivity index (χ2v) is 6.46. The van der Waals surface area contributed by atoms with Gasteiger partial charge in [0.2, 0.25) is 5.91 Å². The van der Waals surface area contributed by atoms with Crippen molar-refractivity contribution in [2.24, 2.45) is 17.1 Å². The Kier molecular flexibility index (Phi) is 4.69. The van der Waals surface area contributed by atoms with Crippen LogP contribution in [0.25, 0.3) is 0 Å². The van der Waals surface area contributed by atoms with Gasteiger partial charge >= 0.3 is 0 Å². The largest absolute Gasteiger partial charge is 0.326 e. The van der Waals surface area contributed by atoms with Gasteiger partial charge in [-0.1, -0.05) is 38.2 Å². The van der Waals surface area contributed by atoms with Crippen LogP contribution >= 0.6 is 0 Å². The lowest BCUT2D eigenvalue weighted by Gasteiger charge is -2.25. The number of amides is 1. The number of carbonyl (C=O) groups excluding carboxylic acids is 1. The maximum absolute atomic E-state index is 12.5. The van der Waals surface area contributed by atoms with Crippen LogP contribution in [0.2, 0.25) is 0 Å². The smallest absolute Gasteiger partial charge is 0.228 e. The van der Waals surface area contributed by atoms with Crippen molar-refractivity contribution in [2.45, 2.75) is 40.0 Å². The Bertz CT molecular complexity index is 593. The summed E-state index contributed by atoms with van der Waals surface area (Å²) in [6.45, 7) is 6.70. The summed E-state index contributed by atoms with van der Waals surface area (Å²) in [4.78, 5) is 12.5. The van der Waals surface area contributed by atoms with Crippen molar-refractivity contribution < 1.29 is 4.79 Å². The van der Waals surface area contributed by atoms with Gasteiger partial charge in [-0.2, -0.15) is 0 Å². The Morgan fingerprint density at radius 3 is 2.86 bits per heavy atom. The molecule has 1 atom stereocenters. The summed E-state index contributed by atoms with van der Waals surface area (Å²) in [5.74, 6) is 6.12. The van der Waals surface area contributed by atoms with E-state index in [0.717, 1.165) is 36.1 Å². The van der Waals surface area contributed by atoms with E-state index in [1.807, 2.05) is 25.1 Å². The van der Waals surface area contributed by atoms with E-state index in [2.05, 4.69) is 31.0 Å². The molecule has 1 aliphatic rings. The monoisotopic (exact) mass is 284 g/mol. The van der Waals surface area contributed by atoms with Crippen LogP contribution in [0.4, 0.5) is 5.69 Å². The van der Waals surface area contributed by atoms with E-state index in [1.54, 1.807) is 0 Å². The fraction of sp³-hybridized carbons (Fsp3) is 0.500. The highest BCUT2D eigenvalue weighted by atomic mass is 16.1. The van der Waals surface area contributed by atoms with E-state index in [1.165, 1.54) is 0 Å². The predicted octanol–water partition coefficient (Wildman–Crippen LogP) is 3.07. The summed E-state index contributed by atoms with van der Waals surface area (Å²) in [5, 5.41) is 3.05. The third kappa shape index (κ3) is 3.65. The van der Waals surface area contributed by atoms with Crippen LogP contribution in [0.1, 0.15) is 44.2 Å². The first kappa shape index (κ1) is 15.6. The van der Waals surface area contributed by atoms with Gasteiger partial charge in [0.05, 0.1) is 6.54 Å². The summed E-state index contributed by atoms with van der Waals surface area (Å²) in [7, 11) is 0. The van der Waals surface area contributed by atoms with Gasteiger partial charge in [-0.05, 0) is 42.9 Å². The van der Waals surface area contributed by atoms with Crippen molar-refractivity contribution in [3.05, 3.63) is 29.3 Å². The molecule has 0 aromatic heterocycles. The third-order valence-electron chi connectivity index (χ3n) is 4.40. The van der Waals surface area contributed by atoms with Crippen molar-refractivity contribution >= 4 is 11.6 Å². The van der Waals surface area contributed by atoms with Gasteiger partial charge in [-0.3, -0.25) is 4.79 Å². The molecule has 0 saturated heterocycles. The quantitative estimate of drug-likeness (QED) is 0.820. The van der Waals surface area contributed by atoms with Crippen LogP contribution in [0.15, 0.2) is 18.2 Å². The topological polar surface area (TPSA) is 55.1 Å². The van der Waals surface area contributed by atoms with Crippen molar-refractivity contribution in [2.75, 3.05) is 11.9 Å². The molecular formula is C18H24N2O. The normalized spacial score (nSPS) is 19.7. The van der Waals surface area contributed by atoms with E-state index >= 15 is 0 Å². The average molecular weight is 284 g/mol. The molecule has 1 aromatic carbocycles. The van der Waals surface area contributed by atoms with E-state index in [9.17, 15) is 4.79 Å². The molecule has 0 radical (unpaired) electrons. The van der Waals surface area contributed by atoms with Crippen LogP contribution in [0.5, 0.6) is 0 Å². The molecule has 1 fully saturated rings. The summed E-state index contributed by atoms with van der Waals surface area (Å²) in [5.41, 5.74) is 8.34. The number of nitrogens with one attached hydrogen (secondary N) is 1. The number of carbonyl (C=O) groups is 1. The van der Waals surface area contributed by atoms with Gasteiger partial charge in [0.15, 0.2) is 0 Å². The van der Waals surface area contributed by atoms with Crippen LogP contribution in [-0.4, -0.2) is 12.5 Å². The van der Waals surface area contributed by atoms with Crippen LogP contribution < -0.4 is 11.1 Å². The molecule has 1 saturated carbocycles. The number of rotatable bonds is 2. The fourth-order valence-electron chi connectivity index (χ4n) is 3.02. The van der Waals surface area contributed by atoms with Gasteiger partial charge in [-0.15, -0.1) is 0 Å². The molecule has 21 heavy (non-hydrogen) atoms. The maximum atomic E-state index is 12.5. The molecular weight excluding hydrogens is 260 g/mol. The Morgan fingerprint density at radius 2 is 2.24 bits per heavy atom. The molecule has 0 spiro atoms. The molecule has 1 unspecified atom stereocenters. The first-order valence-electron chi connectivity index (χ1n) is 7.54. The number of nitrogens with two attached hydrogens (primary N) is 1. The lowest BCUT2D eigenvalue weighted by atomic mass is 9.81. The minimum absolute atomic E-state index is 0.0942. The zero-order chi connectivity index (χ0) is 15.5. The van der Waals surface area contributed by atoms with Gasteiger partial charge in [0.1, 0.15) is 0 Å².